The Morgan fingerprint density at radius 3 is 2.62 bits per heavy atom. The van der Waals surface area contributed by atoms with Crippen molar-refractivity contribution < 1.29 is 9.47 Å². The van der Waals surface area contributed by atoms with Crippen molar-refractivity contribution in [1.29, 1.82) is 0 Å². The van der Waals surface area contributed by atoms with Crippen molar-refractivity contribution in [2.24, 2.45) is 5.41 Å². The van der Waals surface area contributed by atoms with Crippen molar-refractivity contribution in [3.63, 3.8) is 0 Å². The summed E-state index contributed by atoms with van der Waals surface area (Å²) in [6.45, 7) is 5.24. The van der Waals surface area contributed by atoms with Crippen molar-refractivity contribution >= 4 is 0 Å². The second-order valence-electron chi connectivity index (χ2n) is 5.27. The van der Waals surface area contributed by atoms with E-state index in [4.69, 9.17) is 9.47 Å². The molecule has 2 fully saturated rings. The van der Waals surface area contributed by atoms with Crippen molar-refractivity contribution in [2.75, 3.05) is 6.61 Å². The van der Waals surface area contributed by atoms with Crippen LogP contribution in [-0.2, 0) is 9.47 Å². The molecule has 0 amide bonds. The van der Waals surface area contributed by atoms with Gasteiger partial charge in [0.2, 0.25) is 0 Å². The number of fused-ring (bicyclic) bond motifs is 3. The first-order chi connectivity index (χ1) is 6.10. The molecule has 0 saturated carbocycles. The molecule has 72 valence electrons. The predicted octanol–water partition coefficient (Wildman–Crippen LogP) is 1.90. The van der Waals surface area contributed by atoms with E-state index in [2.05, 4.69) is 26.0 Å². The summed E-state index contributed by atoms with van der Waals surface area (Å²) in [7, 11) is 0. The molecule has 0 aromatic carbocycles. The normalized spacial score (nSPS) is 50.9. The van der Waals surface area contributed by atoms with Gasteiger partial charge in [-0.15, -0.1) is 0 Å². The SMILES string of the molecule is CC1(C)CC2(CO1)CC1C=CC2O1. The van der Waals surface area contributed by atoms with Crippen LogP contribution in [0.15, 0.2) is 12.2 Å². The highest BCUT2D eigenvalue weighted by molar-refractivity contribution is 5.19. The van der Waals surface area contributed by atoms with Gasteiger partial charge in [0.05, 0.1) is 24.4 Å². The van der Waals surface area contributed by atoms with Gasteiger partial charge in [-0.05, 0) is 26.7 Å². The van der Waals surface area contributed by atoms with Crippen LogP contribution in [0.2, 0.25) is 0 Å². The monoisotopic (exact) mass is 180 g/mol. The molecule has 3 unspecified atom stereocenters. The van der Waals surface area contributed by atoms with Crippen molar-refractivity contribution in [1.82, 2.24) is 0 Å². The second-order valence-corrected chi connectivity index (χ2v) is 5.27. The van der Waals surface area contributed by atoms with E-state index < -0.39 is 0 Å². The molecular weight excluding hydrogens is 164 g/mol. The minimum absolute atomic E-state index is 0.0572. The first-order valence-electron chi connectivity index (χ1n) is 5.08. The molecule has 3 aliphatic heterocycles. The molecule has 13 heavy (non-hydrogen) atoms. The Morgan fingerprint density at radius 1 is 1.31 bits per heavy atom. The Bertz CT molecular complexity index is 269. The highest BCUT2D eigenvalue weighted by atomic mass is 16.5. The van der Waals surface area contributed by atoms with Gasteiger partial charge in [0.15, 0.2) is 0 Å². The quantitative estimate of drug-likeness (QED) is 0.530. The molecule has 0 aromatic heterocycles. The summed E-state index contributed by atoms with van der Waals surface area (Å²) < 4.78 is 11.6. The van der Waals surface area contributed by atoms with Crippen LogP contribution in [0, 0.1) is 5.41 Å². The van der Waals surface area contributed by atoms with E-state index in [9.17, 15) is 0 Å². The molecule has 0 N–H and O–H groups in total. The summed E-state index contributed by atoms with van der Waals surface area (Å²) in [4.78, 5) is 0. The summed E-state index contributed by atoms with van der Waals surface area (Å²) in [5.74, 6) is 0. The lowest BCUT2D eigenvalue weighted by Crippen LogP contribution is -2.32. The molecule has 2 saturated heterocycles. The largest absolute Gasteiger partial charge is 0.375 e. The van der Waals surface area contributed by atoms with Gasteiger partial charge in [0.1, 0.15) is 0 Å². The van der Waals surface area contributed by atoms with Crippen LogP contribution in [0.25, 0.3) is 0 Å². The zero-order chi connectivity index (χ0) is 9.10. The Kier molecular flexibility index (Phi) is 1.34. The lowest BCUT2D eigenvalue weighted by Gasteiger charge is -2.27. The molecule has 1 spiro atoms. The van der Waals surface area contributed by atoms with Gasteiger partial charge in [-0.2, -0.15) is 0 Å². The molecule has 3 aliphatic rings. The van der Waals surface area contributed by atoms with Crippen molar-refractivity contribution in [3.8, 4) is 0 Å². The lowest BCUT2D eigenvalue weighted by molar-refractivity contribution is 0.0257. The van der Waals surface area contributed by atoms with E-state index in [1.54, 1.807) is 0 Å². The predicted molar refractivity (Wildman–Crippen MR) is 49.5 cm³/mol. The Morgan fingerprint density at radius 2 is 2.15 bits per heavy atom. The fraction of sp³-hybridized carbons (Fsp3) is 0.818. The van der Waals surface area contributed by atoms with Gasteiger partial charge in [-0.1, -0.05) is 12.2 Å². The Hall–Kier alpha value is -0.340. The molecule has 2 bridgehead atoms. The smallest absolute Gasteiger partial charge is 0.0845 e. The fourth-order valence-electron chi connectivity index (χ4n) is 3.09. The van der Waals surface area contributed by atoms with Crippen LogP contribution in [0.3, 0.4) is 0 Å². The summed E-state index contributed by atoms with van der Waals surface area (Å²) in [6, 6.07) is 0. The average Bonchev–Trinajstić information content (AvgIpc) is 2.65. The highest BCUT2D eigenvalue weighted by Gasteiger charge is 2.56. The van der Waals surface area contributed by atoms with Crippen LogP contribution < -0.4 is 0 Å². The fourth-order valence-corrected chi connectivity index (χ4v) is 3.09. The molecule has 3 heterocycles. The molecule has 3 rings (SSSR count). The van der Waals surface area contributed by atoms with Crippen LogP contribution >= 0.6 is 0 Å². The first-order valence-corrected chi connectivity index (χ1v) is 5.08. The molecule has 2 nitrogen and oxygen atoms in total. The van der Waals surface area contributed by atoms with Crippen LogP contribution in [0.5, 0.6) is 0 Å². The van der Waals surface area contributed by atoms with Crippen LogP contribution in [-0.4, -0.2) is 24.4 Å². The Labute approximate surface area is 78.9 Å². The number of hydrogen-bond donors (Lipinski definition) is 0. The summed E-state index contributed by atoms with van der Waals surface area (Å²) in [5, 5.41) is 0. The van der Waals surface area contributed by atoms with E-state index in [-0.39, 0.29) is 5.60 Å². The molecule has 2 heteroatoms. The third-order valence-electron chi connectivity index (χ3n) is 3.56. The minimum atomic E-state index is 0.0572. The third-order valence-corrected chi connectivity index (χ3v) is 3.56. The Balaban J connectivity index is 1.89. The zero-order valence-electron chi connectivity index (χ0n) is 8.25. The summed E-state index contributed by atoms with van der Waals surface area (Å²) in [6.07, 6.45) is 7.44. The molecule has 0 aromatic rings. The molecular formula is C11H16O2. The maximum Gasteiger partial charge on any atom is 0.0845 e. The van der Waals surface area contributed by atoms with E-state index in [0.29, 0.717) is 17.6 Å². The second kappa shape index (κ2) is 2.18. The molecule has 0 radical (unpaired) electrons. The van der Waals surface area contributed by atoms with Gasteiger partial charge in [0.25, 0.3) is 0 Å². The standard InChI is InChI=1S/C11H16O2/c1-10(2)6-11(7-12-10)5-8-3-4-9(11)13-8/h3-4,8-9H,5-7H2,1-2H3. The maximum absolute atomic E-state index is 5.82. The van der Waals surface area contributed by atoms with E-state index in [1.807, 2.05) is 0 Å². The minimum Gasteiger partial charge on any atom is -0.375 e. The van der Waals surface area contributed by atoms with Gasteiger partial charge < -0.3 is 9.47 Å². The number of rotatable bonds is 0. The molecule has 0 aliphatic carbocycles. The van der Waals surface area contributed by atoms with E-state index in [0.717, 1.165) is 19.4 Å². The van der Waals surface area contributed by atoms with Gasteiger partial charge in [-0.3, -0.25) is 0 Å². The van der Waals surface area contributed by atoms with Gasteiger partial charge >= 0.3 is 0 Å². The number of hydrogen-bond acceptors (Lipinski definition) is 2. The van der Waals surface area contributed by atoms with Gasteiger partial charge in [0, 0.05) is 5.41 Å². The van der Waals surface area contributed by atoms with E-state index >= 15 is 0 Å². The summed E-state index contributed by atoms with van der Waals surface area (Å²) in [5.41, 5.74) is 0.366. The third kappa shape index (κ3) is 1.02. The van der Waals surface area contributed by atoms with Crippen LogP contribution in [0.1, 0.15) is 26.7 Å². The van der Waals surface area contributed by atoms with Gasteiger partial charge in [-0.25, -0.2) is 0 Å². The number of ether oxygens (including phenoxy) is 2. The lowest BCUT2D eigenvalue weighted by atomic mass is 9.73. The van der Waals surface area contributed by atoms with E-state index in [1.165, 1.54) is 0 Å². The zero-order valence-corrected chi connectivity index (χ0v) is 8.25. The topological polar surface area (TPSA) is 18.5 Å². The van der Waals surface area contributed by atoms with Crippen LogP contribution in [0.4, 0.5) is 0 Å². The van der Waals surface area contributed by atoms with Crippen molar-refractivity contribution in [3.05, 3.63) is 12.2 Å². The van der Waals surface area contributed by atoms with Crippen molar-refractivity contribution in [2.45, 2.75) is 44.5 Å². The highest BCUT2D eigenvalue weighted by Crippen LogP contribution is 2.53. The maximum atomic E-state index is 5.82. The average molecular weight is 180 g/mol. The molecule has 3 atom stereocenters. The first kappa shape index (κ1) is 8.01. The summed E-state index contributed by atoms with van der Waals surface area (Å²) >= 11 is 0.